The molecule has 0 saturated carbocycles. The van der Waals surface area contributed by atoms with Crippen LogP contribution in [0.1, 0.15) is 17.2 Å². The molecule has 0 amide bonds. The van der Waals surface area contributed by atoms with E-state index in [0.29, 0.717) is 32.6 Å². The Kier molecular flexibility index (Phi) is 5.49. The Morgan fingerprint density at radius 3 is 2.77 bits per heavy atom. The number of imidazole rings is 1. The molecule has 1 aromatic carbocycles. The van der Waals surface area contributed by atoms with Crippen LogP contribution in [0, 0.1) is 17.0 Å². The minimum Gasteiger partial charge on any atom is -0.358 e. The van der Waals surface area contributed by atoms with E-state index in [1.165, 1.54) is 22.5 Å². The highest BCUT2D eigenvalue weighted by atomic mass is 35.5. The summed E-state index contributed by atoms with van der Waals surface area (Å²) in [5.74, 6) is 1.67. The Morgan fingerprint density at radius 1 is 1.31 bits per heavy atom. The number of nitrogens with zero attached hydrogens (tertiary/aromatic N) is 6. The molecule has 2 aromatic heterocycles. The molecule has 11 heteroatoms. The van der Waals surface area contributed by atoms with Crippen molar-refractivity contribution in [1.82, 2.24) is 24.3 Å². The van der Waals surface area contributed by atoms with Gasteiger partial charge in [-0.2, -0.15) is 0 Å². The molecule has 0 saturated heterocycles. The van der Waals surface area contributed by atoms with E-state index in [9.17, 15) is 10.1 Å². The van der Waals surface area contributed by atoms with Gasteiger partial charge < -0.3 is 14.7 Å². The number of hydrogen-bond acceptors (Lipinski definition) is 6. The van der Waals surface area contributed by atoms with Crippen molar-refractivity contribution in [3.8, 4) is 0 Å². The van der Waals surface area contributed by atoms with E-state index in [1.54, 1.807) is 23.6 Å². The highest BCUT2D eigenvalue weighted by Gasteiger charge is 2.21. The highest BCUT2D eigenvalue weighted by molar-refractivity contribution is 7.98. The molecule has 8 nitrogen and oxygen atoms in total. The van der Waals surface area contributed by atoms with Gasteiger partial charge in [0.1, 0.15) is 6.20 Å². The second-order valence-corrected chi connectivity index (χ2v) is 7.28. The Labute approximate surface area is 163 Å². The van der Waals surface area contributed by atoms with Gasteiger partial charge in [0, 0.05) is 29.8 Å². The quantitative estimate of drug-likeness (QED) is 0.346. The van der Waals surface area contributed by atoms with Crippen LogP contribution in [0.2, 0.25) is 10.0 Å². The van der Waals surface area contributed by atoms with Crippen molar-refractivity contribution in [3.05, 3.63) is 61.8 Å². The predicted molar refractivity (Wildman–Crippen MR) is 99.7 cm³/mol. The van der Waals surface area contributed by atoms with E-state index in [0.717, 1.165) is 5.56 Å². The van der Waals surface area contributed by atoms with Crippen LogP contribution >= 0.6 is 35.0 Å². The monoisotopic (exact) mass is 412 g/mol. The molecule has 0 unspecified atom stereocenters. The molecule has 0 aliphatic rings. The minimum absolute atomic E-state index is 0.0763. The summed E-state index contributed by atoms with van der Waals surface area (Å²) in [6.07, 6.45) is 1.24. The fraction of sp³-hybridized carbons (Fsp3) is 0.267. The summed E-state index contributed by atoms with van der Waals surface area (Å²) in [5.41, 5.74) is 0.937. The van der Waals surface area contributed by atoms with Crippen molar-refractivity contribution in [1.29, 1.82) is 0 Å². The molecule has 0 bridgehead atoms. The zero-order valence-corrected chi connectivity index (χ0v) is 16.2. The second-order valence-electron chi connectivity index (χ2n) is 5.49. The van der Waals surface area contributed by atoms with E-state index in [2.05, 4.69) is 15.2 Å². The van der Waals surface area contributed by atoms with E-state index in [4.69, 9.17) is 23.2 Å². The second kappa shape index (κ2) is 7.65. The molecule has 0 aliphatic carbocycles. The largest absolute Gasteiger partial charge is 0.358 e. The number of aryl methyl sites for hydroxylation is 1. The molecule has 3 rings (SSSR count). The van der Waals surface area contributed by atoms with Crippen molar-refractivity contribution in [3.63, 3.8) is 0 Å². The smallest absolute Gasteiger partial charge is 0.343 e. The third-order valence-corrected chi connectivity index (χ3v) is 5.47. The van der Waals surface area contributed by atoms with Crippen molar-refractivity contribution < 1.29 is 4.92 Å². The maximum Gasteiger partial charge on any atom is 0.343 e. The molecule has 2 heterocycles. The summed E-state index contributed by atoms with van der Waals surface area (Å²) in [4.78, 5) is 14.6. The molecular weight excluding hydrogens is 399 g/mol. The number of nitro groups is 1. The first-order chi connectivity index (χ1) is 12.4. The van der Waals surface area contributed by atoms with Gasteiger partial charge >= 0.3 is 5.82 Å². The number of hydrogen-bond donors (Lipinski definition) is 0. The molecule has 0 aliphatic heterocycles. The van der Waals surface area contributed by atoms with Crippen LogP contribution in [0.15, 0.2) is 29.6 Å². The van der Waals surface area contributed by atoms with Crippen LogP contribution in [0.5, 0.6) is 0 Å². The third-order valence-electron chi connectivity index (χ3n) is 3.82. The third kappa shape index (κ3) is 3.84. The van der Waals surface area contributed by atoms with Crippen molar-refractivity contribution in [2.24, 2.45) is 7.05 Å². The van der Waals surface area contributed by atoms with Gasteiger partial charge in [0.15, 0.2) is 23.4 Å². The zero-order chi connectivity index (χ0) is 18.8. The molecule has 0 atom stereocenters. The number of rotatable bonds is 6. The molecule has 3 aromatic rings. The number of benzene rings is 1. The van der Waals surface area contributed by atoms with Gasteiger partial charge in [-0.1, -0.05) is 41.0 Å². The maximum absolute atomic E-state index is 11.1. The van der Waals surface area contributed by atoms with Gasteiger partial charge in [-0.15, -0.1) is 10.2 Å². The van der Waals surface area contributed by atoms with Gasteiger partial charge in [-0.25, -0.2) is 9.55 Å². The predicted octanol–water partition coefficient (Wildman–Crippen LogP) is 3.88. The van der Waals surface area contributed by atoms with Gasteiger partial charge in [0.05, 0.1) is 0 Å². The zero-order valence-electron chi connectivity index (χ0n) is 13.9. The van der Waals surface area contributed by atoms with Crippen molar-refractivity contribution in [2.75, 3.05) is 0 Å². The molecule has 0 spiro atoms. The van der Waals surface area contributed by atoms with E-state index < -0.39 is 4.92 Å². The van der Waals surface area contributed by atoms with E-state index in [1.807, 2.05) is 13.1 Å². The topological polar surface area (TPSA) is 91.7 Å². The first-order valence-electron chi connectivity index (χ1n) is 7.48. The Balaban J connectivity index is 1.76. The number of aromatic nitrogens is 5. The van der Waals surface area contributed by atoms with Crippen LogP contribution in [-0.4, -0.2) is 29.2 Å². The van der Waals surface area contributed by atoms with E-state index in [-0.39, 0.29) is 12.4 Å². The Bertz CT molecular complexity index is 971. The Hall–Kier alpha value is -2.10. The van der Waals surface area contributed by atoms with E-state index >= 15 is 0 Å². The highest BCUT2D eigenvalue weighted by Crippen LogP contribution is 2.28. The number of thioether (sulfide) groups is 1. The van der Waals surface area contributed by atoms with Gasteiger partial charge in [0.25, 0.3) is 0 Å². The summed E-state index contributed by atoms with van der Waals surface area (Å²) in [5, 5.41) is 21.3. The lowest BCUT2D eigenvalue weighted by Crippen LogP contribution is -2.10. The normalized spacial score (nSPS) is 11.1. The van der Waals surface area contributed by atoms with Crippen LogP contribution < -0.4 is 0 Å². The first kappa shape index (κ1) is 18.7. The van der Waals surface area contributed by atoms with Crippen molar-refractivity contribution >= 4 is 40.8 Å². The van der Waals surface area contributed by atoms with Crippen LogP contribution in [0.4, 0.5) is 5.82 Å². The lowest BCUT2D eigenvalue weighted by Gasteiger charge is -2.06. The van der Waals surface area contributed by atoms with Crippen LogP contribution in [-0.2, 0) is 19.3 Å². The summed E-state index contributed by atoms with van der Waals surface area (Å²) in [6.45, 7) is 1.93. The molecular formula is C15H14Cl2N6O2S. The average Bonchev–Trinajstić information content (AvgIpc) is 3.11. The molecule has 0 N–H and O–H groups in total. The van der Waals surface area contributed by atoms with Crippen molar-refractivity contribution in [2.45, 2.75) is 24.4 Å². The standard InChI is InChI=1S/C15H14Cl2N6O2S/c1-9-18-6-14(23(24)25)22(9)7-13-19-20-15(21(13)2)26-8-10-3-4-11(16)5-12(10)17/h3-6H,7-8H2,1-2H3. The summed E-state index contributed by atoms with van der Waals surface area (Å²) in [6, 6.07) is 5.35. The van der Waals surface area contributed by atoms with Crippen LogP contribution in [0.3, 0.4) is 0 Å². The molecule has 0 radical (unpaired) electrons. The van der Waals surface area contributed by atoms with Crippen LogP contribution in [0.25, 0.3) is 0 Å². The lowest BCUT2D eigenvalue weighted by atomic mass is 10.2. The summed E-state index contributed by atoms with van der Waals surface area (Å²) >= 11 is 13.6. The number of halogens is 2. The Morgan fingerprint density at radius 2 is 2.08 bits per heavy atom. The van der Waals surface area contributed by atoms with Gasteiger partial charge in [-0.05, 0) is 22.6 Å². The fourth-order valence-electron chi connectivity index (χ4n) is 2.33. The maximum atomic E-state index is 11.1. The minimum atomic E-state index is -0.464. The average molecular weight is 413 g/mol. The fourth-order valence-corrected chi connectivity index (χ4v) is 3.82. The molecule has 26 heavy (non-hydrogen) atoms. The van der Waals surface area contributed by atoms with Gasteiger partial charge in [-0.3, -0.25) is 0 Å². The molecule has 0 fully saturated rings. The lowest BCUT2D eigenvalue weighted by molar-refractivity contribution is -0.392. The van der Waals surface area contributed by atoms with Gasteiger partial charge in [0.2, 0.25) is 0 Å². The first-order valence-corrected chi connectivity index (χ1v) is 9.22. The summed E-state index contributed by atoms with van der Waals surface area (Å²) in [7, 11) is 1.82. The SMILES string of the molecule is Cc1ncc([N+](=O)[O-])n1Cc1nnc(SCc2ccc(Cl)cc2Cl)n1C. The summed E-state index contributed by atoms with van der Waals surface area (Å²) < 4.78 is 3.30. The molecule has 136 valence electrons.